The molecule has 1 aliphatic rings. The highest BCUT2D eigenvalue weighted by atomic mass is 16.5. The van der Waals surface area contributed by atoms with Crippen molar-refractivity contribution in [1.82, 2.24) is 0 Å². The first-order chi connectivity index (χ1) is 13.2. The SMILES string of the molecule is CC[C@H](C)c1ccc(OCC(=O)Nc2ccccc2N2CCCCC2)cc1. The predicted octanol–water partition coefficient (Wildman–Crippen LogP) is 5.21. The maximum Gasteiger partial charge on any atom is 0.262 e. The van der Waals surface area contributed by atoms with Crippen molar-refractivity contribution in [2.24, 2.45) is 0 Å². The predicted molar refractivity (Wildman–Crippen MR) is 112 cm³/mol. The Labute approximate surface area is 162 Å². The van der Waals surface area contributed by atoms with Crippen molar-refractivity contribution in [3.05, 3.63) is 54.1 Å². The van der Waals surface area contributed by atoms with Gasteiger partial charge in [0.15, 0.2) is 6.61 Å². The van der Waals surface area contributed by atoms with E-state index in [2.05, 4.69) is 42.3 Å². The third-order valence-corrected chi connectivity index (χ3v) is 5.31. The highest BCUT2D eigenvalue weighted by molar-refractivity contribution is 5.95. The lowest BCUT2D eigenvalue weighted by Gasteiger charge is -2.30. The molecule has 0 unspecified atom stereocenters. The fourth-order valence-electron chi connectivity index (χ4n) is 3.45. The smallest absolute Gasteiger partial charge is 0.262 e. The number of hydrogen-bond donors (Lipinski definition) is 1. The molecule has 3 rings (SSSR count). The molecule has 4 heteroatoms. The monoisotopic (exact) mass is 366 g/mol. The summed E-state index contributed by atoms with van der Waals surface area (Å²) in [5, 5.41) is 3.01. The molecule has 0 aliphatic carbocycles. The second-order valence-electron chi connectivity index (χ2n) is 7.28. The molecule has 0 spiro atoms. The lowest BCUT2D eigenvalue weighted by Crippen LogP contribution is -2.30. The Morgan fingerprint density at radius 1 is 1.07 bits per heavy atom. The van der Waals surface area contributed by atoms with Crippen molar-refractivity contribution >= 4 is 17.3 Å². The minimum Gasteiger partial charge on any atom is -0.484 e. The number of para-hydroxylation sites is 2. The summed E-state index contributed by atoms with van der Waals surface area (Å²) in [6, 6.07) is 16.1. The number of benzene rings is 2. The Morgan fingerprint density at radius 2 is 1.78 bits per heavy atom. The number of nitrogens with one attached hydrogen (secondary N) is 1. The van der Waals surface area contributed by atoms with Gasteiger partial charge in [-0.2, -0.15) is 0 Å². The zero-order valence-corrected chi connectivity index (χ0v) is 16.4. The molecule has 4 nitrogen and oxygen atoms in total. The van der Waals surface area contributed by atoms with Crippen LogP contribution in [0.3, 0.4) is 0 Å². The van der Waals surface area contributed by atoms with Crippen LogP contribution in [-0.4, -0.2) is 25.6 Å². The van der Waals surface area contributed by atoms with Gasteiger partial charge in [-0.1, -0.05) is 38.1 Å². The van der Waals surface area contributed by atoms with E-state index >= 15 is 0 Å². The number of carbonyl (C=O) groups is 1. The third kappa shape index (κ3) is 5.25. The molecular formula is C23H30N2O2. The molecular weight excluding hydrogens is 336 g/mol. The van der Waals surface area contributed by atoms with E-state index in [1.54, 1.807) is 0 Å². The van der Waals surface area contributed by atoms with E-state index in [1.807, 2.05) is 30.3 Å². The van der Waals surface area contributed by atoms with E-state index in [-0.39, 0.29) is 12.5 Å². The maximum atomic E-state index is 12.4. The van der Waals surface area contributed by atoms with Crippen molar-refractivity contribution in [2.75, 3.05) is 29.9 Å². The van der Waals surface area contributed by atoms with E-state index in [1.165, 1.54) is 24.8 Å². The number of carbonyl (C=O) groups excluding carboxylic acids is 1. The Balaban J connectivity index is 1.56. The van der Waals surface area contributed by atoms with Crippen molar-refractivity contribution in [2.45, 2.75) is 45.4 Å². The first-order valence-corrected chi connectivity index (χ1v) is 10.0. The third-order valence-electron chi connectivity index (χ3n) is 5.31. The van der Waals surface area contributed by atoms with Gasteiger partial charge in [0.2, 0.25) is 0 Å². The second kappa shape index (κ2) is 9.45. The van der Waals surface area contributed by atoms with Gasteiger partial charge in [-0.15, -0.1) is 0 Å². The van der Waals surface area contributed by atoms with Crippen molar-refractivity contribution in [1.29, 1.82) is 0 Å². The van der Waals surface area contributed by atoms with Gasteiger partial charge in [-0.05, 0) is 61.4 Å². The Hall–Kier alpha value is -2.49. The summed E-state index contributed by atoms with van der Waals surface area (Å²) in [5.41, 5.74) is 3.26. The van der Waals surface area contributed by atoms with E-state index in [0.29, 0.717) is 5.92 Å². The molecule has 1 amide bonds. The Morgan fingerprint density at radius 3 is 2.48 bits per heavy atom. The van der Waals surface area contributed by atoms with Crippen LogP contribution in [0.15, 0.2) is 48.5 Å². The van der Waals surface area contributed by atoms with Gasteiger partial charge in [-0.25, -0.2) is 0 Å². The van der Waals surface area contributed by atoms with Crippen molar-refractivity contribution in [3.8, 4) is 5.75 Å². The quantitative estimate of drug-likeness (QED) is 0.731. The molecule has 27 heavy (non-hydrogen) atoms. The number of piperidine rings is 1. The standard InChI is InChI=1S/C23H30N2O2/c1-3-18(2)19-11-13-20(14-12-19)27-17-23(26)24-21-9-5-6-10-22(21)25-15-7-4-8-16-25/h5-6,9-14,18H,3-4,7-8,15-17H2,1-2H3,(H,24,26)/t18-/m0/s1. The zero-order valence-electron chi connectivity index (χ0n) is 16.4. The number of rotatable bonds is 7. The first-order valence-electron chi connectivity index (χ1n) is 10.0. The molecule has 0 bridgehead atoms. The number of anilines is 2. The van der Waals surface area contributed by atoms with Crippen LogP contribution in [0.25, 0.3) is 0 Å². The van der Waals surface area contributed by atoms with Crippen LogP contribution in [0, 0.1) is 0 Å². The number of ether oxygens (including phenoxy) is 1. The molecule has 2 aromatic rings. The summed E-state index contributed by atoms with van der Waals surface area (Å²) in [6.07, 6.45) is 4.81. The Kier molecular flexibility index (Phi) is 6.74. The van der Waals surface area contributed by atoms with Crippen LogP contribution in [-0.2, 0) is 4.79 Å². The highest BCUT2D eigenvalue weighted by Gasteiger charge is 2.15. The molecule has 1 N–H and O–H groups in total. The van der Waals surface area contributed by atoms with Crippen LogP contribution < -0.4 is 15.0 Å². The molecule has 144 valence electrons. The normalized spacial score (nSPS) is 15.3. The van der Waals surface area contributed by atoms with Crippen molar-refractivity contribution < 1.29 is 9.53 Å². The molecule has 1 saturated heterocycles. The molecule has 1 fully saturated rings. The van der Waals surface area contributed by atoms with Gasteiger partial charge < -0.3 is 15.0 Å². The lowest BCUT2D eigenvalue weighted by atomic mass is 9.99. The Bertz CT molecular complexity index is 736. The summed E-state index contributed by atoms with van der Waals surface area (Å²) in [6.45, 7) is 6.50. The summed E-state index contributed by atoms with van der Waals surface area (Å²) in [5.74, 6) is 1.13. The molecule has 1 atom stereocenters. The fourth-order valence-corrected chi connectivity index (χ4v) is 3.45. The van der Waals surface area contributed by atoms with Gasteiger partial charge in [0, 0.05) is 13.1 Å². The minimum absolute atomic E-state index is 0.0109. The van der Waals surface area contributed by atoms with Gasteiger partial charge in [0.05, 0.1) is 11.4 Å². The van der Waals surface area contributed by atoms with Gasteiger partial charge in [0.1, 0.15) is 5.75 Å². The van der Waals surface area contributed by atoms with Crippen LogP contribution in [0.4, 0.5) is 11.4 Å². The average molecular weight is 367 g/mol. The minimum atomic E-state index is -0.134. The zero-order chi connectivity index (χ0) is 19.1. The summed E-state index contributed by atoms with van der Waals surface area (Å²) < 4.78 is 5.67. The fraction of sp³-hybridized carbons (Fsp3) is 0.435. The molecule has 0 saturated carbocycles. The van der Waals surface area contributed by atoms with Crippen LogP contribution >= 0.6 is 0 Å². The topological polar surface area (TPSA) is 41.6 Å². The summed E-state index contributed by atoms with van der Waals surface area (Å²) in [4.78, 5) is 14.7. The van der Waals surface area contributed by atoms with Crippen LogP contribution in [0.1, 0.15) is 51.0 Å². The maximum absolute atomic E-state index is 12.4. The molecule has 2 aromatic carbocycles. The van der Waals surface area contributed by atoms with E-state index in [4.69, 9.17) is 4.74 Å². The molecule has 0 aromatic heterocycles. The van der Waals surface area contributed by atoms with Gasteiger partial charge >= 0.3 is 0 Å². The van der Waals surface area contributed by atoms with Gasteiger partial charge in [-0.3, -0.25) is 4.79 Å². The van der Waals surface area contributed by atoms with Crippen molar-refractivity contribution in [3.63, 3.8) is 0 Å². The lowest BCUT2D eigenvalue weighted by molar-refractivity contribution is -0.118. The molecule has 0 radical (unpaired) electrons. The average Bonchev–Trinajstić information content (AvgIpc) is 2.73. The van der Waals surface area contributed by atoms with Crippen LogP contribution in [0.2, 0.25) is 0 Å². The van der Waals surface area contributed by atoms with E-state index < -0.39 is 0 Å². The second-order valence-corrected chi connectivity index (χ2v) is 7.28. The largest absolute Gasteiger partial charge is 0.484 e. The number of nitrogens with zero attached hydrogens (tertiary/aromatic N) is 1. The summed E-state index contributed by atoms with van der Waals surface area (Å²) >= 11 is 0. The summed E-state index contributed by atoms with van der Waals surface area (Å²) in [7, 11) is 0. The number of hydrogen-bond acceptors (Lipinski definition) is 3. The van der Waals surface area contributed by atoms with E-state index in [0.717, 1.165) is 36.6 Å². The van der Waals surface area contributed by atoms with Gasteiger partial charge in [0.25, 0.3) is 5.91 Å². The molecule has 1 heterocycles. The van der Waals surface area contributed by atoms with Crippen LogP contribution in [0.5, 0.6) is 5.75 Å². The molecule has 1 aliphatic heterocycles. The van der Waals surface area contributed by atoms with E-state index in [9.17, 15) is 4.79 Å². The highest BCUT2D eigenvalue weighted by Crippen LogP contribution is 2.28. The number of amides is 1. The first kappa shape index (κ1) is 19.3.